The van der Waals surface area contributed by atoms with Crippen LogP contribution < -0.4 is 15.4 Å². The first-order chi connectivity index (χ1) is 13.9. The maximum atomic E-state index is 12.7. The number of hydrogen-bond acceptors (Lipinski definition) is 5. The van der Waals surface area contributed by atoms with Crippen molar-refractivity contribution >= 4 is 23.2 Å². The minimum Gasteiger partial charge on any atom is -0.490 e. The fraction of sp³-hybridized carbons (Fsp3) is 0.409. The van der Waals surface area contributed by atoms with E-state index >= 15 is 0 Å². The lowest BCUT2D eigenvalue weighted by Crippen LogP contribution is -2.47. The number of nitrogens with zero attached hydrogens (tertiary/aromatic N) is 2. The molecule has 1 saturated heterocycles. The number of carbonyl (C=O) groups excluding carboxylic acids is 2. The van der Waals surface area contributed by atoms with E-state index in [9.17, 15) is 9.59 Å². The lowest BCUT2D eigenvalue weighted by atomic mass is 10.1. The number of nitrogens with one attached hydrogen (secondary N) is 2. The molecule has 0 bridgehead atoms. The van der Waals surface area contributed by atoms with Gasteiger partial charge in [-0.2, -0.15) is 0 Å². The number of hydrogen-bond donors (Lipinski definition) is 2. The molecule has 1 aromatic heterocycles. The summed E-state index contributed by atoms with van der Waals surface area (Å²) < 4.78 is 6.11. The largest absolute Gasteiger partial charge is 0.490 e. The van der Waals surface area contributed by atoms with E-state index in [4.69, 9.17) is 4.74 Å². The first-order valence-electron chi connectivity index (χ1n) is 9.92. The van der Waals surface area contributed by atoms with Crippen LogP contribution in [0.15, 0.2) is 42.7 Å². The van der Waals surface area contributed by atoms with Gasteiger partial charge in [-0.25, -0.2) is 0 Å². The maximum absolute atomic E-state index is 12.7. The van der Waals surface area contributed by atoms with E-state index in [1.807, 2.05) is 26.0 Å². The molecule has 0 radical (unpaired) electrons. The molecule has 7 nitrogen and oxygen atoms in total. The third-order valence-electron chi connectivity index (χ3n) is 5.12. The summed E-state index contributed by atoms with van der Waals surface area (Å²) in [6, 6.07) is 8.80. The van der Waals surface area contributed by atoms with Crippen molar-refractivity contribution in [2.45, 2.75) is 45.8 Å². The normalized spacial score (nSPS) is 16.1. The van der Waals surface area contributed by atoms with Crippen molar-refractivity contribution in [3.05, 3.63) is 48.3 Å². The molecule has 29 heavy (non-hydrogen) atoms. The molecule has 0 spiro atoms. The van der Waals surface area contributed by atoms with Gasteiger partial charge in [-0.3, -0.25) is 19.5 Å². The van der Waals surface area contributed by atoms with Crippen molar-refractivity contribution in [3.63, 3.8) is 0 Å². The van der Waals surface area contributed by atoms with Crippen molar-refractivity contribution in [1.29, 1.82) is 0 Å². The van der Waals surface area contributed by atoms with Crippen LogP contribution in [0.25, 0.3) is 0 Å². The van der Waals surface area contributed by atoms with Crippen molar-refractivity contribution in [1.82, 2.24) is 9.88 Å². The van der Waals surface area contributed by atoms with Crippen molar-refractivity contribution < 1.29 is 14.3 Å². The fourth-order valence-corrected chi connectivity index (χ4v) is 3.44. The molecule has 2 N–H and O–H groups in total. The van der Waals surface area contributed by atoms with E-state index in [0.29, 0.717) is 11.4 Å². The summed E-state index contributed by atoms with van der Waals surface area (Å²) in [5, 5.41) is 5.66. The van der Waals surface area contributed by atoms with Gasteiger partial charge in [-0.15, -0.1) is 0 Å². The Labute approximate surface area is 171 Å². The summed E-state index contributed by atoms with van der Waals surface area (Å²) >= 11 is 0. The Hall–Kier alpha value is -2.93. The van der Waals surface area contributed by atoms with E-state index in [1.54, 1.807) is 30.6 Å². The van der Waals surface area contributed by atoms with Gasteiger partial charge in [-0.05, 0) is 51.0 Å². The van der Waals surface area contributed by atoms with Crippen LogP contribution in [0.2, 0.25) is 0 Å². The molecule has 1 aliphatic heterocycles. The Morgan fingerprint density at radius 1 is 1.17 bits per heavy atom. The molecular formula is C22H28N4O3. The van der Waals surface area contributed by atoms with Crippen LogP contribution in [0.4, 0.5) is 11.4 Å². The highest BCUT2D eigenvalue weighted by atomic mass is 16.5. The number of benzene rings is 1. The van der Waals surface area contributed by atoms with Gasteiger partial charge in [0, 0.05) is 49.3 Å². The van der Waals surface area contributed by atoms with Gasteiger partial charge in [0.25, 0.3) is 0 Å². The summed E-state index contributed by atoms with van der Waals surface area (Å²) in [6.45, 7) is 6.97. The molecule has 2 heterocycles. The van der Waals surface area contributed by atoms with Gasteiger partial charge < -0.3 is 15.4 Å². The van der Waals surface area contributed by atoms with Crippen LogP contribution in [-0.2, 0) is 9.59 Å². The molecule has 3 rings (SSSR count). The average Bonchev–Trinajstić information content (AvgIpc) is 2.69. The Morgan fingerprint density at radius 2 is 1.86 bits per heavy atom. The molecule has 1 aliphatic rings. The zero-order chi connectivity index (χ0) is 20.8. The molecule has 1 fully saturated rings. The Morgan fingerprint density at radius 3 is 2.52 bits per heavy atom. The van der Waals surface area contributed by atoms with Gasteiger partial charge in [0.05, 0.1) is 6.04 Å². The zero-order valence-electron chi connectivity index (χ0n) is 17.1. The number of pyridine rings is 1. The predicted octanol–water partition coefficient (Wildman–Crippen LogP) is 3.22. The first-order valence-corrected chi connectivity index (χ1v) is 9.92. The molecule has 1 atom stereocenters. The maximum Gasteiger partial charge on any atom is 0.241 e. The van der Waals surface area contributed by atoms with Gasteiger partial charge in [-0.1, -0.05) is 6.07 Å². The smallest absolute Gasteiger partial charge is 0.241 e. The Balaban J connectivity index is 1.51. The van der Waals surface area contributed by atoms with Crippen LogP contribution in [0.1, 0.15) is 32.3 Å². The van der Waals surface area contributed by atoms with Crippen molar-refractivity contribution in [2.24, 2.45) is 0 Å². The van der Waals surface area contributed by atoms with Crippen LogP contribution >= 0.6 is 0 Å². The van der Waals surface area contributed by atoms with Crippen molar-refractivity contribution in [3.8, 4) is 5.75 Å². The highest BCUT2D eigenvalue weighted by Gasteiger charge is 2.27. The minimum atomic E-state index is -0.247. The van der Waals surface area contributed by atoms with Gasteiger partial charge in [0.2, 0.25) is 11.8 Å². The third-order valence-corrected chi connectivity index (χ3v) is 5.12. The molecule has 0 saturated carbocycles. The molecule has 2 aromatic rings. The lowest BCUT2D eigenvalue weighted by molar-refractivity contribution is -0.121. The quantitative estimate of drug-likeness (QED) is 0.783. The number of ether oxygens (including phenoxy) is 1. The van der Waals surface area contributed by atoms with E-state index < -0.39 is 0 Å². The predicted molar refractivity (Wildman–Crippen MR) is 113 cm³/mol. The average molecular weight is 396 g/mol. The molecular weight excluding hydrogens is 368 g/mol. The summed E-state index contributed by atoms with van der Waals surface area (Å²) in [5.74, 6) is 0.673. The molecule has 7 heteroatoms. The SMILES string of the molecule is CC(=O)Nc1cccc(NC(=O)C(C)N2CCC(Oc3ccncc3C)CC2)c1. The van der Waals surface area contributed by atoms with Gasteiger partial charge in [0.1, 0.15) is 11.9 Å². The summed E-state index contributed by atoms with van der Waals surface area (Å²) in [4.78, 5) is 30.2. The van der Waals surface area contributed by atoms with E-state index in [0.717, 1.165) is 37.2 Å². The molecule has 154 valence electrons. The zero-order valence-corrected chi connectivity index (χ0v) is 17.1. The van der Waals surface area contributed by atoms with Crippen LogP contribution in [0, 0.1) is 6.92 Å². The number of amides is 2. The van der Waals surface area contributed by atoms with Crippen LogP contribution in [-0.4, -0.2) is 46.9 Å². The van der Waals surface area contributed by atoms with E-state index in [1.165, 1.54) is 6.92 Å². The highest BCUT2D eigenvalue weighted by Crippen LogP contribution is 2.23. The minimum absolute atomic E-state index is 0.0608. The Kier molecular flexibility index (Phi) is 6.82. The number of rotatable bonds is 6. The van der Waals surface area contributed by atoms with Crippen molar-refractivity contribution in [2.75, 3.05) is 23.7 Å². The molecule has 2 amide bonds. The lowest BCUT2D eigenvalue weighted by Gasteiger charge is -2.35. The van der Waals surface area contributed by atoms with Crippen LogP contribution in [0.5, 0.6) is 5.75 Å². The second-order valence-corrected chi connectivity index (χ2v) is 7.42. The standard InChI is InChI=1S/C22H28N4O3/c1-15-14-23-10-7-21(15)29-20-8-11-26(12-9-20)16(2)22(28)25-19-6-4-5-18(13-19)24-17(3)27/h4-7,10,13-14,16,20H,8-9,11-12H2,1-3H3,(H,24,27)(H,25,28). The number of likely N-dealkylation sites (tertiary alicyclic amines) is 1. The molecule has 1 unspecified atom stereocenters. The summed E-state index contributed by atoms with van der Waals surface area (Å²) in [7, 11) is 0. The number of aryl methyl sites for hydroxylation is 1. The Bertz CT molecular complexity index is 863. The second-order valence-electron chi connectivity index (χ2n) is 7.42. The summed E-state index contributed by atoms with van der Waals surface area (Å²) in [5.41, 5.74) is 2.36. The van der Waals surface area contributed by atoms with E-state index in [-0.39, 0.29) is 24.0 Å². The number of carbonyl (C=O) groups is 2. The first kappa shape index (κ1) is 20.8. The second kappa shape index (κ2) is 9.52. The third kappa shape index (κ3) is 5.77. The number of anilines is 2. The fourth-order valence-electron chi connectivity index (χ4n) is 3.44. The number of piperidine rings is 1. The van der Waals surface area contributed by atoms with Gasteiger partial charge in [0.15, 0.2) is 0 Å². The van der Waals surface area contributed by atoms with Crippen LogP contribution in [0.3, 0.4) is 0 Å². The summed E-state index contributed by atoms with van der Waals surface area (Å²) in [6.07, 6.45) is 5.44. The topological polar surface area (TPSA) is 83.6 Å². The monoisotopic (exact) mass is 396 g/mol. The molecule has 0 aliphatic carbocycles. The highest BCUT2D eigenvalue weighted by molar-refractivity contribution is 5.96. The molecule has 1 aromatic carbocycles. The van der Waals surface area contributed by atoms with E-state index in [2.05, 4.69) is 20.5 Å². The number of aromatic nitrogens is 1. The van der Waals surface area contributed by atoms with Gasteiger partial charge >= 0.3 is 0 Å².